The SMILES string of the molecule is CC(=O)Nc1cccc(C2CCN(CCCC(=O)c3ccc(Br)c(Cc4cc(C(=O)CCCN5CCC(c6cccc(NS(C)(=O)(O)C(C)C)c6)CC5)ccc4C)c3)CC2)c1. The second-order valence-corrected chi connectivity index (χ2v) is 22.6. The average molecular weight is 914 g/mol. The van der Waals surface area contributed by atoms with Crippen molar-refractivity contribution in [3.8, 4) is 0 Å². The normalized spacial score (nSPS) is 16.6. The Hall–Kier alpha value is -4.00. The first kappa shape index (κ1) is 46.5. The molecule has 2 heterocycles. The fourth-order valence-electron chi connectivity index (χ4n) is 8.65. The highest BCUT2D eigenvalue weighted by Gasteiger charge is 2.27. The van der Waals surface area contributed by atoms with E-state index in [4.69, 9.17) is 0 Å². The maximum absolute atomic E-state index is 13.5. The summed E-state index contributed by atoms with van der Waals surface area (Å²) < 4.78 is 27.7. The first-order valence-corrected chi connectivity index (χ1v) is 25.2. The monoisotopic (exact) mass is 912 g/mol. The number of piperidine rings is 2. The highest BCUT2D eigenvalue weighted by atomic mass is 79.9. The number of Topliss-reactive ketones (excluding diaryl/α,β-unsaturated/α-hetero) is 2. The van der Waals surface area contributed by atoms with Crippen LogP contribution in [0.4, 0.5) is 11.4 Å². The van der Waals surface area contributed by atoms with Crippen LogP contribution in [0, 0.1) is 6.92 Å². The van der Waals surface area contributed by atoms with Gasteiger partial charge in [-0.2, -0.15) is 4.21 Å². The molecule has 1 amide bonds. The number of hydrogen-bond donors (Lipinski definition) is 3. The van der Waals surface area contributed by atoms with Crippen molar-refractivity contribution in [3.05, 3.63) is 128 Å². The molecule has 0 spiro atoms. The van der Waals surface area contributed by atoms with Crippen molar-refractivity contribution >= 4 is 54.3 Å². The van der Waals surface area contributed by atoms with E-state index in [1.807, 2.05) is 66.7 Å². The molecule has 2 fully saturated rings. The molecule has 4 aromatic rings. The zero-order chi connectivity index (χ0) is 43.8. The van der Waals surface area contributed by atoms with Crippen molar-refractivity contribution in [2.24, 2.45) is 0 Å². The van der Waals surface area contributed by atoms with E-state index in [0.717, 1.165) is 116 Å². The zero-order valence-corrected chi connectivity index (χ0v) is 39.1. The lowest BCUT2D eigenvalue weighted by Gasteiger charge is -2.44. The predicted octanol–water partition coefficient (Wildman–Crippen LogP) is 10.6. The molecular formula is C50H65BrN4O5S. The molecule has 0 aromatic heterocycles. The number of nitrogens with zero attached hydrogens (tertiary/aromatic N) is 2. The quantitative estimate of drug-likeness (QED) is 0.0851. The summed E-state index contributed by atoms with van der Waals surface area (Å²) in [5, 5.41) is 2.48. The molecule has 2 aliphatic rings. The standard InChI is InChI=1S/C50H65BrN4O5S/c1-35(2)61(5,59,60)53-47-13-7-11-41(34-47)39-22-28-55(29-23-39)24-8-14-49(57)42-17-16-36(3)44(30-42)32-45-31-43(18-19-48(45)51)50(58)15-9-25-54-26-20-38(21-27-54)40-10-6-12-46(33-40)52-37(4)56/h6-7,10-13,16-19,30-31,33-35,38-39H,8-9,14-15,20-29,32H2,1-5H3,(H,52,56)(H2,53,59,60). The van der Waals surface area contributed by atoms with Gasteiger partial charge in [0.1, 0.15) is 0 Å². The Labute approximate surface area is 371 Å². The number of ketones is 2. The van der Waals surface area contributed by atoms with Crippen LogP contribution in [0.1, 0.15) is 133 Å². The number of halogens is 1. The van der Waals surface area contributed by atoms with Gasteiger partial charge in [0.25, 0.3) is 0 Å². The molecule has 9 nitrogen and oxygen atoms in total. The molecule has 0 unspecified atom stereocenters. The predicted molar refractivity (Wildman–Crippen MR) is 255 cm³/mol. The van der Waals surface area contributed by atoms with E-state index < -0.39 is 14.8 Å². The molecule has 0 radical (unpaired) electrons. The first-order valence-electron chi connectivity index (χ1n) is 22.0. The lowest BCUT2D eigenvalue weighted by atomic mass is 9.89. The van der Waals surface area contributed by atoms with E-state index in [1.165, 1.54) is 24.3 Å². The van der Waals surface area contributed by atoms with Crippen LogP contribution in [0.5, 0.6) is 0 Å². The minimum atomic E-state index is -3.97. The van der Waals surface area contributed by atoms with Crippen molar-refractivity contribution in [1.82, 2.24) is 9.80 Å². The Balaban J connectivity index is 0.940. The number of benzene rings is 4. The van der Waals surface area contributed by atoms with Crippen LogP contribution < -0.4 is 10.0 Å². The lowest BCUT2D eigenvalue weighted by Crippen LogP contribution is -2.46. The molecule has 0 atom stereocenters. The topological polar surface area (TPSA) is 119 Å². The lowest BCUT2D eigenvalue weighted by molar-refractivity contribution is -0.114. The van der Waals surface area contributed by atoms with Crippen LogP contribution in [0.15, 0.2) is 89.4 Å². The number of carbonyl (C=O) groups excluding carboxylic acids is 3. The van der Waals surface area contributed by atoms with Crippen molar-refractivity contribution in [2.75, 3.05) is 55.6 Å². The summed E-state index contributed by atoms with van der Waals surface area (Å²) in [6, 6.07) is 28.0. The van der Waals surface area contributed by atoms with Crippen LogP contribution in [-0.4, -0.2) is 86.8 Å². The van der Waals surface area contributed by atoms with Gasteiger partial charge >= 0.3 is 0 Å². The molecular weight excluding hydrogens is 849 g/mol. The second-order valence-electron chi connectivity index (χ2n) is 17.9. The Morgan fingerprint density at radius 3 is 1.75 bits per heavy atom. The minimum Gasteiger partial charge on any atom is -0.326 e. The largest absolute Gasteiger partial charge is 0.326 e. The van der Waals surface area contributed by atoms with E-state index in [1.54, 1.807) is 13.8 Å². The molecule has 0 saturated carbocycles. The smallest absolute Gasteiger partial charge is 0.221 e. The van der Waals surface area contributed by atoms with E-state index in [9.17, 15) is 23.1 Å². The number of carbonyl (C=O) groups is 3. The maximum atomic E-state index is 13.5. The molecule has 0 bridgehead atoms. The van der Waals surface area contributed by atoms with Crippen LogP contribution in [-0.2, 0) is 20.7 Å². The minimum absolute atomic E-state index is 0.0583. The summed E-state index contributed by atoms with van der Waals surface area (Å²) in [5.74, 6) is 1.12. The molecule has 2 saturated heterocycles. The van der Waals surface area contributed by atoms with Gasteiger partial charge in [-0.15, -0.1) is 9.53 Å². The number of likely N-dealkylation sites (tertiary alicyclic amines) is 2. The first-order chi connectivity index (χ1) is 29.0. The Kier molecular flexibility index (Phi) is 15.6. The number of rotatable bonds is 18. The van der Waals surface area contributed by atoms with Gasteiger partial charge < -0.3 is 15.1 Å². The van der Waals surface area contributed by atoms with E-state index >= 15 is 0 Å². The number of amides is 1. The molecule has 2 aliphatic heterocycles. The molecule has 6 rings (SSSR count). The maximum Gasteiger partial charge on any atom is 0.221 e. The van der Waals surface area contributed by atoms with Gasteiger partial charge in [0, 0.05) is 47.3 Å². The van der Waals surface area contributed by atoms with Crippen LogP contribution in [0.3, 0.4) is 0 Å². The summed E-state index contributed by atoms with van der Waals surface area (Å²) in [4.78, 5) is 43.3. The zero-order valence-electron chi connectivity index (χ0n) is 36.7. The third-order valence-electron chi connectivity index (χ3n) is 12.9. The van der Waals surface area contributed by atoms with E-state index in [0.29, 0.717) is 36.8 Å². The molecule has 4 aromatic carbocycles. The van der Waals surface area contributed by atoms with Gasteiger partial charge in [0.2, 0.25) is 5.91 Å². The van der Waals surface area contributed by atoms with Crippen molar-refractivity contribution in [2.45, 2.75) is 103 Å². The van der Waals surface area contributed by atoms with Gasteiger partial charge in [-0.25, -0.2) is 0 Å². The van der Waals surface area contributed by atoms with Crippen molar-refractivity contribution in [3.63, 3.8) is 0 Å². The van der Waals surface area contributed by atoms with Gasteiger partial charge in [-0.3, -0.25) is 23.7 Å². The number of nitrogens with one attached hydrogen (secondary N) is 2. The highest BCUT2D eigenvalue weighted by Crippen LogP contribution is 2.33. The molecule has 61 heavy (non-hydrogen) atoms. The molecule has 328 valence electrons. The van der Waals surface area contributed by atoms with Crippen LogP contribution >= 0.6 is 15.9 Å². The summed E-state index contributed by atoms with van der Waals surface area (Å²) in [7, 11) is -3.97. The third-order valence-corrected chi connectivity index (χ3v) is 16.6. The molecule has 3 N–H and O–H groups in total. The van der Waals surface area contributed by atoms with Crippen LogP contribution in [0.2, 0.25) is 0 Å². The Bertz CT molecular complexity index is 2250. The van der Waals surface area contributed by atoms with Gasteiger partial charge in [0.05, 0.1) is 10.9 Å². The van der Waals surface area contributed by atoms with E-state index in [-0.39, 0.29) is 17.5 Å². The third kappa shape index (κ3) is 13.0. The summed E-state index contributed by atoms with van der Waals surface area (Å²) in [6.45, 7) is 12.8. The van der Waals surface area contributed by atoms with Crippen molar-refractivity contribution in [1.29, 1.82) is 0 Å². The average Bonchev–Trinajstić information content (AvgIpc) is 3.22. The number of aryl methyl sites for hydroxylation is 1. The number of anilines is 2. The molecule has 11 heteroatoms. The number of hydrogen-bond acceptors (Lipinski definition) is 6. The fraction of sp³-hybridized carbons (Fsp3) is 0.460. The Morgan fingerprint density at radius 1 is 0.738 bits per heavy atom. The second kappa shape index (κ2) is 20.5. The molecule has 0 aliphatic carbocycles. The summed E-state index contributed by atoms with van der Waals surface area (Å²) in [6.07, 6.45) is 8.77. The van der Waals surface area contributed by atoms with Gasteiger partial charge in [0.15, 0.2) is 11.6 Å². The summed E-state index contributed by atoms with van der Waals surface area (Å²) >= 11 is 3.73. The highest BCUT2D eigenvalue weighted by molar-refractivity contribution is 9.10. The fourth-order valence-corrected chi connectivity index (χ4v) is 9.98. The van der Waals surface area contributed by atoms with Gasteiger partial charge in [-0.1, -0.05) is 58.4 Å². The van der Waals surface area contributed by atoms with Crippen molar-refractivity contribution < 1.29 is 23.1 Å². The Morgan fingerprint density at radius 2 is 1.23 bits per heavy atom. The van der Waals surface area contributed by atoms with Gasteiger partial charge in [-0.05, 0) is 187 Å². The summed E-state index contributed by atoms with van der Waals surface area (Å²) in [5.41, 5.74) is 8.69. The van der Waals surface area contributed by atoms with E-state index in [2.05, 4.69) is 60.9 Å². The van der Waals surface area contributed by atoms with Crippen LogP contribution in [0.25, 0.3) is 0 Å².